The molecular weight excluding hydrogens is 440 g/mol. The number of carbonyl (C=O) groups is 2. The van der Waals surface area contributed by atoms with E-state index < -0.39 is 22.1 Å². The van der Waals surface area contributed by atoms with Crippen LogP contribution < -0.4 is 0 Å². The number of hydrogen-bond acceptors (Lipinski definition) is 5. The number of nitrogens with zero attached hydrogens (tertiary/aromatic N) is 2. The van der Waals surface area contributed by atoms with Gasteiger partial charge in [-0.15, -0.1) is 0 Å². The summed E-state index contributed by atoms with van der Waals surface area (Å²) in [5, 5.41) is 0. The topological polar surface area (TPSA) is 84.0 Å². The first-order chi connectivity index (χ1) is 15.5. The minimum Gasteiger partial charge on any atom is -0.444 e. The number of aryl methyl sites for hydroxylation is 1. The van der Waals surface area contributed by atoms with Gasteiger partial charge in [-0.2, -0.15) is 4.31 Å². The molecular formula is C25H32N2O5S. The zero-order chi connectivity index (χ0) is 24.3. The molecule has 1 atom stereocenters. The molecule has 0 aromatic heterocycles. The molecule has 0 aliphatic carbocycles. The van der Waals surface area contributed by atoms with Crippen LogP contribution in [0.4, 0.5) is 0 Å². The SMILES string of the molecule is Cc1cc(C(=O)OC(C(=O)N(C)C)c2ccccc2)cc(S(=O)(=O)N2CCC(C)CC2)c1C. The van der Waals surface area contributed by atoms with Crippen molar-refractivity contribution in [2.75, 3.05) is 27.2 Å². The number of likely N-dealkylation sites (N-methyl/N-ethyl adjacent to an activating group) is 1. The maximum absolute atomic E-state index is 13.4. The maximum atomic E-state index is 13.4. The lowest BCUT2D eigenvalue weighted by Gasteiger charge is -2.30. The molecule has 1 amide bonds. The molecule has 1 heterocycles. The molecule has 1 aliphatic heterocycles. The van der Waals surface area contributed by atoms with Gasteiger partial charge in [0, 0.05) is 32.7 Å². The van der Waals surface area contributed by atoms with Crippen LogP contribution in [0.2, 0.25) is 0 Å². The van der Waals surface area contributed by atoms with Gasteiger partial charge in [-0.1, -0.05) is 37.3 Å². The third-order valence-corrected chi connectivity index (χ3v) is 8.23. The molecule has 0 radical (unpaired) electrons. The summed E-state index contributed by atoms with van der Waals surface area (Å²) in [4.78, 5) is 27.3. The first kappa shape index (κ1) is 24.9. The Hall–Kier alpha value is -2.71. The van der Waals surface area contributed by atoms with Crippen LogP contribution in [-0.2, 0) is 19.6 Å². The number of benzene rings is 2. The molecule has 3 rings (SSSR count). The van der Waals surface area contributed by atoms with Crippen LogP contribution in [0.15, 0.2) is 47.4 Å². The van der Waals surface area contributed by atoms with Crippen LogP contribution in [0, 0.1) is 19.8 Å². The second-order valence-corrected chi connectivity index (χ2v) is 10.8. The van der Waals surface area contributed by atoms with E-state index in [-0.39, 0.29) is 16.4 Å². The Kier molecular flexibility index (Phi) is 7.59. The van der Waals surface area contributed by atoms with Gasteiger partial charge in [0.25, 0.3) is 5.91 Å². The predicted octanol–water partition coefficient (Wildman–Crippen LogP) is 3.71. The van der Waals surface area contributed by atoms with Crippen LogP contribution in [0.1, 0.15) is 52.9 Å². The van der Waals surface area contributed by atoms with Crippen LogP contribution in [-0.4, -0.2) is 56.7 Å². The number of ether oxygens (including phenoxy) is 1. The monoisotopic (exact) mass is 472 g/mol. The first-order valence-corrected chi connectivity index (χ1v) is 12.5. The van der Waals surface area contributed by atoms with Crippen molar-refractivity contribution in [2.24, 2.45) is 5.92 Å². The average molecular weight is 473 g/mol. The van der Waals surface area contributed by atoms with Gasteiger partial charge in [0.1, 0.15) is 0 Å². The summed E-state index contributed by atoms with van der Waals surface area (Å²) in [5.41, 5.74) is 1.93. The van der Waals surface area contributed by atoms with Crippen molar-refractivity contribution < 1.29 is 22.7 Å². The van der Waals surface area contributed by atoms with Gasteiger partial charge in [-0.3, -0.25) is 4.79 Å². The van der Waals surface area contributed by atoms with Gasteiger partial charge in [-0.25, -0.2) is 13.2 Å². The molecule has 1 fully saturated rings. The number of sulfonamides is 1. The molecule has 0 bridgehead atoms. The number of carbonyl (C=O) groups excluding carboxylic acids is 2. The summed E-state index contributed by atoms with van der Waals surface area (Å²) in [7, 11) is -0.576. The van der Waals surface area contributed by atoms with Crippen molar-refractivity contribution in [2.45, 2.75) is 44.6 Å². The highest BCUT2D eigenvalue weighted by Crippen LogP contribution is 2.29. The van der Waals surface area contributed by atoms with Crippen molar-refractivity contribution in [3.05, 3.63) is 64.7 Å². The van der Waals surface area contributed by atoms with E-state index in [0.717, 1.165) is 12.8 Å². The number of piperidine rings is 1. The lowest BCUT2D eigenvalue weighted by molar-refractivity contribution is -0.138. The molecule has 0 N–H and O–H groups in total. The van der Waals surface area contributed by atoms with Crippen molar-refractivity contribution >= 4 is 21.9 Å². The van der Waals surface area contributed by atoms with E-state index in [0.29, 0.717) is 35.7 Å². The van der Waals surface area contributed by atoms with Gasteiger partial charge in [-0.05, 0) is 55.9 Å². The van der Waals surface area contributed by atoms with Gasteiger partial charge < -0.3 is 9.64 Å². The van der Waals surface area contributed by atoms with Crippen molar-refractivity contribution in [1.82, 2.24) is 9.21 Å². The summed E-state index contributed by atoms with van der Waals surface area (Å²) in [6.45, 7) is 6.55. The highest BCUT2D eigenvalue weighted by molar-refractivity contribution is 7.89. The van der Waals surface area contributed by atoms with Crippen LogP contribution >= 0.6 is 0 Å². The van der Waals surface area contributed by atoms with Gasteiger partial charge in [0.2, 0.25) is 16.1 Å². The molecule has 0 saturated carbocycles. The summed E-state index contributed by atoms with van der Waals surface area (Å²) >= 11 is 0. The van der Waals surface area contributed by atoms with Crippen LogP contribution in [0.25, 0.3) is 0 Å². The van der Waals surface area contributed by atoms with Crippen LogP contribution in [0.5, 0.6) is 0 Å². The van der Waals surface area contributed by atoms with Gasteiger partial charge in [0.05, 0.1) is 10.5 Å². The lowest BCUT2D eigenvalue weighted by atomic mass is 10.0. The van der Waals surface area contributed by atoms with E-state index in [4.69, 9.17) is 4.74 Å². The molecule has 1 aliphatic rings. The second-order valence-electron chi connectivity index (χ2n) is 8.93. The van der Waals surface area contributed by atoms with Crippen molar-refractivity contribution in [3.8, 4) is 0 Å². The summed E-state index contributed by atoms with van der Waals surface area (Å²) < 4.78 is 33.9. The molecule has 1 unspecified atom stereocenters. The Morgan fingerprint density at radius 2 is 1.67 bits per heavy atom. The first-order valence-electron chi connectivity index (χ1n) is 11.1. The fourth-order valence-electron chi connectivity index (χ4n) is 3.88. The Morgan fingerprint density at radius 3 is 2.24 bits per heavy atom. The van der Waals surface area contributed by atoms with Crippen molar-refractivity contribution in [3.63, 3.8) is 0 Å². The highest BCUT2D eigenvalue weighted by Gasteiger charge is 2.32. The van der Waals surface area contributed by atoms with E-state index in [1.807, 2.05) is 6.07 Å². The summed E-state index contributed by atoms with van der Waals surface area (Å²) in [5.74, 6) is -0.635. The molecule has 1 saturated heterocycles. The number of amides is 1. The molecule has 33 heavy (non-hydrogen) atoms. The molecule has 8 heteroatoms. The maximum Gasteiger partial charge on any atom is 0.339 e. The largest absolute Gasteiger partial charge is 0.444 e. The normalized spacial score (nSPS) is 16.3. The number of esters is 1. The quantitative estimate of drug-likeness (QED) is 0.599. The Labute approximate surface area is 196 Å². The summed E-state index contributed by atoms with van der Waals surface area (Å²) in [6.07, 6.45) is 0.494. The third-order valence-electron chi connectivity index (χ3n) is 6.21. The smallest absolute Gasteiger partial charge is 0.339 e. The summed E-state index contributed by atoms with van der Waals surface area (Å²) in [6, 6.07) is 11.8. The minimum atomic E-state index is -3.75. The van der Waals surface area contributed by atoms with Crippen molar-refractivity contribution in [1.29, 1.82) is 0 Å². The molecule has 2 aromatic rings. The predicted molar refractivity (Wildman–Crippen MR) is 126 cm³/mol. The Bertz CT molecular complexity index is 1120. The zero-order valence-corrected chi connectivity index (χ0v) is 20.7. The highest BCUT2D eigenvalue weighted by atomic mass is 32.2. The third kappa shape index (κ3) is 5.45. The molecule has 0 spiro atoms. The second kappa shape index (κ2) is 10.1. The Morgan fingerprint density at radius 1 is 1.06 bits per heavy atom. The average Bonchev–Trinajstić information content (AvgIpc) is 2.79. The van der Waals surface area contributed by atoms with Crippen LogP contribution in [0.3, 0.4) is 0 Å². The van der Waals surface area contributed by atoms with E-state index >= 15 is 0 Å². The number of rotatable bonds is 6. The fourth-order valence-corrected chi connectivity index (χ4v) is 5.67. The van der Waals surface area contributed by atoms with E-state index in [1.54, 1.807) is 58.3 Å². The molecule has 2 aromatic carbocycles. The molecule has 178 valence electrons. The lowest BCUT2D eigenvalue weighted by Crippen LogP contribution is -2.38. The van der Waals surface area contributed by atoms with Gasteiger partial charge >= 0.3 is 5.97 Å². The standard InChI is InChI=1S/C25H32N2O5S/c1-17-11-13-27(14-12-17)33(30,31)22-16-21(15-18(2)19(22)3)25(29)32-23(24(28)26(4)5)20-9-7-6-8-10-20/h6-10,15-17,23H,11-14H2,1-5H3. The van der Waals surface area contributed by atoms with Gasteiger partial charge in [0.15, 0.2) is 0 Å². The van der Waals surface area contributed by atoms with E-state index in [1.165, 1.54) is 15.3 Å². The van der Waals surface area contributed by atoms with E-state index in [2.05, 4.69) is 6.92 Å². The minimum absolute atomic E-state index is 0.106. The zero-order valence-electron chi connectivity index (χ0n) is 19.9. The fraction of sp³-hybridized carbons (Fsp3) is 0.440. The molecule has 7 nitrogen and oxygen atoms in total. The Balaban J connectivity index is 1.95. The number of hydrogen-bond donors (Lipinski definition) is 0. The van der Waals surface area contributed by atoms with E-state index in [9.17, 15) is 18.0 Å².